The highest BCUT2D eigenvalue weighted by Crippen LogP contribution is 2.26. The largest absolute Gasteiger partial charge is 0.495 e. The average Bonchev–Trinajstić information content (AvgIpc) is 3.41. The van der Waals surface area contributed by atoms with E-state index in [1.165, 1.54) is 99.0 Å². The number of carbonyl (C=O) groups is 9. The Labute approximate surface area is 437 Å². The van der Waals surface area contributed by atoms with Crippen LogP contribution in [0.1, 0.15) is 116 Å². The minimum Gasteiger partial charge on any atom is -0.495 e. The molecule has 1 aromatic heterocycles. The number of pyridine rings is 1. The second kappa shape index (κ2) is 30.5. The van der Waals surface area contributed by atoms with Crippen LogP contribution in [0.25, 0.3) is 0 Å². The lowest BCUT2D eigenvalue weighted by Gasteiger charge is -2.30. The molecule has 24 heteroatoms. The Kier molecular flexibility index (Phi) is 24.1. The van der Waals surface area contributed by atoms with Gasteiger partial charge in [0.15, 0.2) is 0 Å². The predicted octanol–water partition coefficient (Wildman–Crippen LogP) is 3.36. The van der Waals surface area contributed by atoms with Crippen molar-refractivity contribution in [2.45, 2.75) is 32.6 Å². The third kappa shape index (κ3) is 17.5. The zero-order valence-electron chi connectivity index (χ0n) is 42.6. The summed E-state index contributed by atoms with van der Waals surface area (Å²) in [6.07, 6.45) is 1.67. The number of carboxylic acid groups (broad SMARTS) is 4. The number of carboxylic acids is 4. The Hall–Kier alpha value is -8.64. The normalized spacial score (nSPS) is 10.8. The summed E-state index contributed by atoms with van der Waals surface area (Å²) >= 11 is 0. The number of esters is 1. The third-order valence-electron chi connectivity index (χ3n) is 11.7. The highest BCUT2D eigenvalue weighted by Gasteiger charge is 2.25. The molecule has 4 amide bonds. The van der Waals surface area contributed by atoms with Crippen LogP contribution in [0, 0.1) is 0 Å². The standard InChI is InChI=1S/C52H63N7O17/c1-5-76-41(60)21-7-6-8-25-59(48(64)39-19-12-20-40(56-39)52(71)72)32-31-58(28-24-55-47(63)35-15-11-18-38(51(69)70)44(35)75-4)30-29-57(26-22-53-45(61)33-13-9-16-36(49(65)66)42(33)73-2)27-23-54-46(62)34-14-10-17-37(50(67)68)43(34)74-3/h9-20H,5-8,21-32H2,1-4H3,(H,53,61)(H,54,62)(H,55,63)(H,65,66)(H,67,68)(H,69,70)(H,71,72). The number of nitrogens with zero attached hydrogens (tertiary/aromatic N) is 4. The van der Waals surface area contributed by atoms with E-state index in [1.807, 2.05) is 9.80 Å². The zero-order chi connectivity index (χ0) is 55.7. The van der Waals surface area contributed by atoms with Crippen LogP contribution in [0.3, 0.4) is 0 Å². The molecule has 0 bridgehead atoms. The number of aromatic nitrogens is 1. The highest BCUT2D eigenvalue weighted by atomic mass is 16.5. The molecule has 7 N–H and O–H groups in total. The quantitative estimate of drug-likeness (QED) is 0.0266. The lowest BCUT2D eigenvalue weighted by Crippen LogP contribution is -2.46. The van der Waals surface area contributed by atoms with Gasteiger partial charge in [0.05, 0.1) is 44.6 Å². The third-order valence-corrected chi connectivity index (χ3v) is 11.7. The summed E-state index contributed by atoms with van der Waals surface area (Å²) in [4.78, 5) is 123. The maximum Gasteiger partial charge on any atom is 0.354 e. The molecular weight excluding hydrogens is 995 g/mol. The van der Waals surface area contributed by atoms with Crippen molar-refractivity contribution in [1.29, 1.82) is 0 Å². The minimum absolute atomic E-state index is 0.00387. The van der Waals surface area contributed by atoms with Gasteiger partial charge in [-0.1, -0.05) is 30.7 Å². The number of nitrogens with one attached hydrogen (secondary N) is 3. The van der Waals surface area contributed by atoms with E-state index in [9.17, 15) is 63.6 Å². The van der Waals surface area contributed by atoms with Crippen molar-refractivity contribution in [1.82, 2.24) is 35.6 Å². The molecule has 0 aliphatic carbocycles. The number of hydrogen-bond donors (Lipinski definition) is 7. The van der Waals surface area contributed by atoms with Crippen molar-refractivity contribution in [3.8, 4) is 17.2 Å². The molecule has 24 nitrogen and oxygen atoms in total. The molecule has 4 aromatic rings. The first kappa shape index (κ1) is 59.9. The SMILES string of the molecule is CCOC(=O)CCCCCN(CCN(CCNC(=O)c1cccc(C(=O)O)c1OC)CCN(CCNC(=O)c1cccc(C(=O)O)c1OC)CCNC(=O)c1cccc(C(=O)O)c1OC)C(=O)c1cccc(C(=O)O)n1. The van der Waals surface area contributed by atoms with Crippen molar-refractivity contribution in [3.63, 3.8) is 0 Å². The predicted molar refractivity (Wildman–Crippen MR) is 272 cm³/mol. The minimum atomic E-state index is -1.33. The van der Waals surface area contributed by atoms with Gasteiger partial charge in [-0.05, 0) is 68.3 Å². The lowest BCUT2D eigenvalue weighted by molar-refractivity contribution is -0.143. The fraction of sp³-hybridized carbons (Fsp3) is 0.385. The number of hydrogen-bond acceptors (Lipinski definition) is 16. The van der Waals surface area contributed by atoms with Crippen molar-refractivity contribution in [2.75, 3.05) is 99.9 Å². The maximum atomic E-state index is 14.1. The van der Waals surface area contributed by atoms with Crippen molar-refractivity contribution in [3.05, 3.63) is 118 Å². The molecular formula is C52H63N7O17. The smallest absolute Gasteiger partial charge is 0.354 e. The molecule has 76 heavy (non-hydrogen) atoms. The van der Waals surface area contributed by atoms with Gasteiger partial charge in [0.25, 0.3) is 23.6 Å². The fourth-order valence-electron chi connectivity index (χ4n) is 7.93. The summed E-state index contributed by atoms with van der Waals surface area (Å²) in [5.74, 6) is -8.45. The number of ether oxygens (including phenoxy) is 4. The van der Waals surface area contributed by atoms with Crippen LogP contribution < -0.4 is 30.2 Å². The van der Waals surface area contributed by atoms with E-state index in [1.54, 1.807) is 6.92 Å². The molecule has 0 saturated heterocycles. The maximum absolute atomic E-state index is 14.1. The first-order chi connectivity index (χ1) is 36.4. The number of unbranched alkanes of at least 4 members (excludes halogenated alkanes) is 2. The first-order valence-electron chi connectivity index (χ1n) is 24.1. The molecule has 408 valence electrons. The number of rotatable bonds is 33. The second-order valence-electron chi connectivity index (χ2n) is 16.6. The molecule has 0 radical (unpaired) electrons. The van der Waals surface area contributed by atoms with Crippen molar-refractivity contribution >= 4 is 53.5 Å². The summed E-state index contributed by atoms with van der Waals surface area (Å²) < 4.78 is 20.9. The van der Waals surface area contributed by atoms with Crippen LogP contribution >= 0.6 is 0 Å². The second-order valence-corrected chi connectivity index (χ2v) is 16.6. The molecule has 0 aliphatic heterocycles. The summed E-state index contributed by atoms with van der Waals surface area (Å²) in [5.41, 5.74) is -1.19. The number of amides is 4. The van der Waals surface area contributed by atoms with Crippen molar-refractivity contribution < 1.29 is 82.5 Å². The Morgan fingerprint density at radius 1 is 0.461 bits per heavy atom. The van der Waals surface area contributed by atoms with E-state index in [4.69, 9.17) is 18.9 Å². The lowest BCUT2D eigenvalue weighted by atomic mass is 10.1. The van der Waals surface area contributed by atoms with Gasteiger partial charge in [-0.25, -0.2) is 24.2 Å². The number of benzene rings is 3. The number of aromatic carboxylic acids is 4. The Morgan fingerprint density at radius 2 is 0.842 bits per heavy atom. The molecule has 0 spiro atoms. The van der Waals surface area contributed by atoms with Crippen LogP contribution in [0.15, 0.2) is 72.8 Å². The van der Waals surface area contributed by atoms with Gasteiger partial charge in [-0.2, -0.15) is 0 Å². The first-order valence-corrected chi connectivity index (χ1v) is 24.1. The van der Waals surface area contributed by atoms with Crippen LogP contribution in [-0.2, 0) is 9.53 Å². The van der Waals surface area contributed by atoms with E-state index in [2.05, 4.69) is 20.9 Å². The van der Waals surface area contributed by atoms with E-state index in [0.29, 0.717) is 19.3 Å². The van der Waals surface area contributed by atoms with E-state index >= 15 is 0 Å². The zero-order valence-corrected chi connectivity index (χ0v) is 42.6. The van der Waals surface area contributed by atoms with Gasteiger partial charge >= 0.3 is 29.8 Å². The van der Waals surface area contributed by atoms with Crippen LogP contribution in [0.5, 0.6) is 17.2 Å². The Bertz CT molecular complexity index is 2630. The Morgan fingerprint density at radius 3 is 1.24 bits per heavy atom. The topological polar surface area (TPSA) is 330 Å². The summed E-state index contributed by atoms with van der Waals surface area (Å²) in [5, 5.41) is 47.1. The van der Waals surface area contributed by atoms with Crippen LogP contribution in [0.2, 0.25) is 0 Å². The van der Waals surface area contributed by atoms with Crippen LogP contribution in [0.4, 0.5) is 0 Å². The Balaban J connectivity index is 1.62. The molecule has 1 heterocycles. The number of para-hydroxylation sites is 3. The highest BCUT2D eigenvalue weighted by molar-refractivity contribution is 6.03. The summed E-state index contributed by atoms with van der Waals surface area (Å²) in [6, 6.07) is 16.4. The van der Waals surface area contributed by atoms with Crippen LogP contribution in [-0.4, -0.2) is 194 Å². The molecule has 0 fully saturated rings. The number of methoxy groups -OCH3 is 3. The molecule has 3 aromatic carbocycles. The van der Waals surface area contributed by atoms with E-state index < -0.39 is 47.5 Å². The molecule has 0 unspecified atom stereocenters. The molecule has 0 saturated carbocycles. The number of carbonyl (C=O) groups excluding carboxylic acids is 5. The van der Waals surface area contributed by atoms with Crippen molar-refractivity contribution in [2.24, 2.45) is 0 Å². The molecule has 0 aliphatic rings. The van der Waals surface area contributed by atoms with E-state index in [-0.39, 0.29) is 153 Å². The molecule has 0 atom stereocenters. The fourth-order valence-corrected chi connectivity index (χ4v) is 7.93. The van der Waals surface area contributed by atoms with Gasteiger partial charge in [-0.15, -0.1) is 0 Å². The van der Waals surface area contributed by atoms with E-state index in [0.717, 1.165) is 0 Å². The van der Waals surface area contributed by atoms with Gasteiger partial charge in [0.1, 0.15) is 45.3 Å². The average molecular weight is 1060 g/mol. The summed E-state index contributed by atoms with van der Waals surface area (Å²) in [6.45, 7) is 3.33. The van der Waals surface area contributed by atoms with Gasteiger partial charge < -0.3 is 60.2 Å². The van der Waals surface area contributed by atoms with Gasteiger partial charge in [0.2, 0.25) is 0 Å². The monoisotopic (exact) mass is 1060 g/mol. The summed E-state index contributed by atoms with van der Waals surface area (Å²) in [7, 11) is 3.72. The molecule has 4 rings (SSSR count). The van der Waals surface area contributed by atoms with Gasteiger partial charge in [-0.3, -0.25) is 33.8 Å². The van der Waals surface area contributed by atoms with Gasteiger partial charge in [0, 0.05) is 78.4 Å².